The number of methoxy groups -OCH3 is 1. The SMILES string of the molecule is COCN/N=C(\C)CNC(=O)OC(C)(C)C. The van der Waals surface area contributed by atoms with E-state index in [0.717, 1.165) is 5.71 Å². The summed E-state index contributed by atoms with van der Waals surface area (Å²) < 4.78 is 9.82. The van der Waals surface area contributed by atoms with Gasteiger partial charge in [0.25, 0.3) is 0 Å². The van der Waals surface area contributed by atoms with Crippen LogP contribution in [0, 0.1) is 0 Å². The molecule has 0 bridgehead atoms. The highest BCUT2D eigenvalue weighted by atomic mass is 16.6. The molecule has 0 fully saturated rings. The summed E-state index contributed by atoms with van der Waals surface area (Å²) in [5.41, 5.74) is 2.94. The Balaban J connectivity index is 3.79. The van der Waals surface area contributed by atoms with Gasteiger partial charge in [0.2, 0.25) is 0 Å². The van der Waals surface area contributed by atoms with Crippen LogP contribution in [0.5, 0.6) is 0 Å². The molecule has 6 nitrogen and oxygen atoms in total. The third-order valence-electron chi connectivity index (χ3n) is 1.37. The number of hydrogen-bond acceptors (Lipinski definition) is 5. The number of rotatable bonds is 5. The lowest BCUT2D eigenvalue weighted by Gasteiger charge is -2.19. The summed E-state index contributed by atoms with van der Waals surface area (Å²) in [6.45, 7) is 7.91. The minimum Gasteiger partial charge on any atom is -0.444 e. The molecular formula is C10H21N3O3. The van der Waals surface area contributed by atoms with Gasteiger partial charge < -0.3 is 14.8 Å². The minimum absolute atomic E-state index is 0.337. The van der Waals surface area contributed by atoms with Crippen molar-refractivity contribution in [2.75, 3.05) is 20.4 Å². The van der Waals surface area contributed by atoms with E-state index in [9.17, 15) is 4.79 Å². The number of amides is 1. The zero-order valence-electron chi connectivity index (χ0n) is 10.6. The zero-order valence-corrected chi connectivity index (χ0v) is 10.6. The van der Waals surface area contributed by atoms with Gasteiger partial charge in [0.1, 0.15) is 12.3 Å². The Morgan fingerprint density at radius 3 is 2.50 bits per heavy atom. The maximum atomic E-state index is 11.3. The molecule has 0 rings (SSSR count). The first kappa shape index (κ1) is 14.7. The van der Waals surface area contributed by atoms with Crippen LogP contribution in [0.25, 0.3) is 0 Å². The number of carbonyl (C=O) groups is 1. The Hall–Kier alpha value is -1.30. The molecule has 16 heavy (non-hydrogen) atoms. The van der Waals surface area contributed by atoms with E-state index >= 15 is 0 Å². The Morgan fingerprint density at radius 2 is 2.00 bits per heavy atom. The third-order valence-corrected chi connectivity index (χ3v) is 1.37. The summed E-state index contributed by atoms with van der Waals surface area (Å²) in [5.74, 6) is 0. The molecule has 0 spiro atoms. The van der Waals surface area contributed by atoms with Crippen LogP contribution >= 0.6 is 0 Å². The smallest absolute Gasteiger partial charge is 0.407 e. The molecule has 0 radical (unpaired) electrons. The van der Waals surface area contributed by atoms with E-state index in [0.29, 0.717) is 13.3 Å². The summed E-state index contributed by atoms with van der Waals surface area (Å²) in [5, 5.41) is 6.55. The fraction of sp³-hybridized carbons (Fsp3) is 0.800. The maximum Gasteiger partial charge on any atom is 0.407 e. The summed E-state index contributed by atoms with van der Waals surface area (Å²) in [6.07, 6.45) is -0.450. The largest absolute Gasteiger partial charge is 0.444 e. The van der Waals surface area contributed by atoms with E-state index in [-0.39, 0.29) is 0 Å². The first-order chi connectivity index (χ1) is 7.35. The van der Waals surface area contributed by atoms with Crippen LogP contribution in [-0.4, -0.2) is 37.8 Å². The van der Waals surface area contributed by atoms with Gasteiger partial charge in [-0.1, -0.05) is 0 Å². The Morgan fingerprint density at radius 1 is 1.38 bits per heavy atom. The van der Waals surface area contributed by atoms with Gasteiger partial charge in [0.05, 0.1) is 12.3 Å². The second kappa shape index (κ2) is 7.05. The third kappa shape index (κ3) is 9.26. The van der Waals surface area contributed by atoms with Crippen molar-refractivity contribution in [3.8, 4) is 0 Å². The fourth-order valence-corrected chi connectivity index (χ4v) is 0.786. The molecular weight excluding hydrogens is 210 g/mol. The fourth-order valence-electron chi connectivity index (χ4n) is 0.786. The van der Waals surface area contributed by atoms with Gasteiger partial charge in [-0.25, -0.2) is 4.79 Å². The van der Waals surface area contributed by atoms with Crippen LogP contribution in [0.1, 0.15) is 27.7 Å². The van der Waals surface area contributed by atoms with Crippen molar-refractivity contribution in [1.29, 1.82) is 0 Å². The van der Waals surface area contributed by atoms with E-state index in [4.69, 9.17) is 9.47 Å². The topological polar surface area (TPSA) is 72.0 Å². The molecule has 0 aliphatic carbocycles. The monoisotopic (exact) mass is 231 g/mol. The van der Waals surface area contributed by atoms with Crippen molar-refractivity contribution < 1.29 is 14.3 Å². The van der Waals surface area contributed by atoms with Gasteiger partial charge in [-0.3, -0.25) is 5.43 Å². The number of hydrogen-bond donors (Lipinski definition) is 2. The average molecular weight is 231 g/mol. The molecule has 0 aromatic heterocycles. The predicted molar refractivity (Wildman–Crippen MR) is 62.4 cm³/mol. The van der Waals surface area contributed by atoms with Crippen molar-refractivity contribution in [3.63, 3.8) is 0 Å². The van der Waals surface area contributed by atoms with Crippen LogP contribution in [0.4, 0.5) is 4.79 Å². The second-order valence-electron chi connectivity index (χ2n) is 4.29. The lowest BCUT2D eigenvalue weighted by atomic mass is 10.2. The minimum atomic E-state index is -0.483. The quantitative estimate of drug-likeness (QED) is 0.321. The van der Waals surface area contributed by atoms with Crippen LogP contribution < -0.4 is 10.7 Å². The molecule has 0 aromatic carbocycles. The molecule has 0 atom stereocenters. The molecule has 0 unspecified atom stereocenters. The van der Waals surface area contributed by atoms with Gasteiger partial charge in [-0.05, 0) is 27.7 Å². The lowest BCUT2D eigenvalue weighted by Crippen LogP contribution is -2.35. The van der Waals surface area contributed by atoms with E-state index in [1.165, 1.54) is 0 Å². The molecule has 1 amide bonds. The number of carbonyl (C=O) groups excluding carboxylic acids is 1. The molecule has 0 saturated carbocycles. The Kier molecular flexibility index (Phi) is 6.48. The van der Waals surface area contributed by atoms with E-state index < -0.39 is 11.7 Å². The van der Waals surface area contributed by atoms with Crippen LogP contribution in [-0.2, 0) is 9.47 Å². The van der Waals surface area contributed by atoms with Crippen LogP contribution in [0.2, 0.25) is 0 Å². The highest BCUT2D eigenvalue weighted by Gasteiger charge is 2.15. The maximum absolute atomic E-state index is 11.3. The Labute approximate surface area is 96.4 Å². The molecule has 0 heterocycles. The molecule has 2 N–H and O–H groups in total. The van der Waals surface area contributed by atoms with Crippen molar-refractivity contribution >= 4 is 11.8 Å². The van der Waals surface area contributed by atoms with Crippen LogP contribution in [0.15, 0.2) is 5.10 Å². The number of alkyl carbamates (subject to hydrolysis) is 1. The van der Waals surface area contributed by atoms with E-state index in [1.54, 1.807) is 14.0 Å². The summed E-state index contributed by atoms with van der Waals surface area (Å²) in [7, 11) is 1.57. The first-order valence-electron chi connectivity index (χ1n) is 5.07. The molecule has 6 heteroatoms. The molecule has 94 valence electrons. The summed E-state index contributed by atoms with van der Waals surface area (Å²) >= 11 is 0. The second-order valence-corrected chi connectivity index (χ2v) is 4.29. The first-order valence-corrected chi connectivity index (χ1v) is 5.07. The number of hydrazone groups is 1. The zero-order chi connectivity index (χ0) is 12.6. The summed E-state index contributed by atoms with van der Waals surface area (Å²) in [4.78, 5) is 11.3. The van der Waals surface area contributed by atoms with Crippen molar-refractivity contribution in [3.05, 3.63) is 0 Å². The predicted octanol–water partition coefficient (Wildman–Crippen LogP) is 1.08. The highest BCUT2D eigenvalue weighted by molar-refractivity contribution is 5.86. The molecule has 0 aliphatic rings. The van der Waals surface area contributed by atoms with E-state index in [1.807, 2.05) is 20.8 Å². The average Bonchev–Trinajstić information content (AvgIpc) is 2.12. The van der Waals surface area contributed by atoms with Crippen LogP contribution in [0.3, 0.4) is 0 Å². The van der Waals surface area contributed by atoms with Gasteiger partial charge in [-0.2, -0.15) is 5.10 Å². The van der Waals surface area contributed by atoms with Crippen molar-refractivity contribution in [1.82, 2.24) is 10.7 Å². The van der Waals surface area contributed by atoms with E-state index in [2.05, 4.69) is 15.8 Å². The number of nitrogens with one attached hydrogen (secondary N) is 2. The lowest BCUT2D eigenvalue weighted by molar-refractivity contribution is 0.0536. The highest BCUT2D eigenvalue weighted by Crippen LogP contribution is 2.05. The van der Waals surface area contributed by atoms with Gasteiger partial charge >= 0.3 is 6.09 Å². The molecule has 0 aliphatic heterocycles. The Bertz CT molecular complexity index is 246. The van der Waals surface area contributed by atoms with Gasteiger partial charge in [-0.15, -0.1) is 0 Å². The number of nitrogens with zero attached hydrogens (tertiary/aromatic N) is 1. The van der Waals surface area contributed by atoms with Crippen molar-refractivity contribution in [2.24, 2.45) is 5.10 Å². The summed E-state index contributed by atoms with van der Waals surface area (Å²) in [6, 6.07) is 0. The molecule has 0 saturated heterocycles. The standard InChI is InChI=1S/C10H21N3O3/c1-8(13-12-7-15-5)6-11-9(14)16-10(2,3)4/h12H,6-7H2,1-5H3,(H,11,14)/b13-8+. The molecule has 0 aromatic rings. The van der Waals surface area contributed by atoms with Gasteiger partial charge in [0, 0.05) is 7.11 Å². The normalized spacial score (nSPS) is 12.2. The van der Waals surface area contributed by atoms with Crippen molar-refractivity contribution in [2.45, 2.75) is 33.3 Å². The van der Waals surface area contributed by atoms with Gasteiger partial charge in [0.15, 0.2) is 0 Å². The number of ether oxygens (including phenoxy) is 2.